The van der Waals surface area contributed by atoms with E-state index in [1.54, 1.807) is 42.0 Å². The second-order valence-corrected chi connectivity index (χ2v) is 9.39. The zero-order chi connectivity index (χ0) is 26.8. The van der Waals surface area contributed by atoms with Crippen molar-refractivity contribution in [2.45, 2.75) is 32.5 Å². The van der Waals surface area contributed by atoms with Gasteiger partial charge in [-0.1, -0.05) is 47.1 Å². The Morgan fingerprint density at radius 1 is 1.03 bits per heavy atom. The van der Waals surface area contributed by atoms with Crippen LogP contribution in [0.3, 0.4) is 0 Å². The van der Waals surface area contributed by atoms with E-state index in [-0.39, 0.29) is 30.8 Å². The van der Waals surface area contributed by atoms with E-state index in [0.29, 0.717) is 28.2 Å². The molecule has 5 rings (SSSR count). The molecule has 0 aliphatic carbocycles. The van der Waals surface area contributed by atoms with Crippen LogP contribution in [0.4, 0.5) is 11.4 Å². The van der Waals surface area contributed by atoms with Crippen LogP contribution in [0.1, 0.15) is 28.5 Å². The number of aryl methyl sites for hydroxylation is 1. The minimum Gasteiger partial charge on any atom is -0.356 e. The molecule has 0 bridgehead atoms. The number of anilines is 2. The van der Waals surface area contributed by atoms with Crippen molar-refractivity contribution in [1.82, 2.24) is 15.8 Å². The highest BCUT2D eigenvalue weighted by Gasteiger charge is 2.38. The van der Waals surface area contributed by atoms with E-state index >= 15 is 0 Å². The molecule has 1 aliphatic heterocycles. The van der Waals surface area contributed by atoms with Crippen molar-refractivity contribution in [1.29, 1.82) is 0 Å². The number of likely N-dealkylation sites (N-methyl/N-ethyl adjacent to an activating group) is 1. The number of benzene rings is 3. The van der Waals surface area contributed by atoms with Crippen molar-refractivity contribution in [2.24, 2.45) is 0 Å². The lowest BCUT2D eigenvalue weighted by atomic mass is 10.1. The third kappa shape index (κ3) is 4.76. The zero-order valence-electron chi connectivity index (χ0n) is 21.5. The highest BCUT2D eigenvalue weighted by Crippen LogP contribution is 2.35. The fourth-order valence-electron chi connectivity index (χ4n) is 4.53. The van der Waals surface area contributed by atoms with Crippen LogP contribution in [-0.2, 0) is 16.1 Å². The first kappa shape index (κ1) is 25.2. The van der Waals surface area contributed by atoms with Gasteiger partial charge < -0.3 is 25.0 Å². The van der Waals surface area contributed by atoms with Crippen molar-refractivity contribution in [2.75, 3.05) is 23.4 Å². The van der Waals surface area contributed by atoms with E-state index < -0.39 is 12.1 Å². The summed E-state index contributed by atoms with van der Waals surface area (Å²) < 4.78 is 5.48. The van der Waals surface area contributed by atoms with Crippen LogP contribution >= 0.6 is 0 Å². The maximum Gasteiger partial charge on any atom is 0.258 e. The Bertz CT molecular complexity index is 1500. The number of fused-ring (bicyclic) bond motifs is 2. The van der Waals surface area contributed by atoms with Gasteiger partial charge in [-0.05, 0) is 57.3 Å². The van der Waals surface area contributed by atoms with Gasteiger partial charge in [0.05, 0.1) is 30.5 Å². The molecule has 9 nitrogen and oxygen atoms in total. The number of carbonyl (C=O) groups excluding carboxylic acids is 3. The van der Waals surface area contributed by atoms with Gasteiger partial charge >= 0.3 is 0 Å². The maximum absolute atomic E-state index is 14.1. The molecule has 1 aromatic heterocycles. The summed E-state index contributed by atoms with van der Waals surface area (Å²) in [5.74, 6) is -0.952. The molecule has 0 spiro atoms. The summed E-state index contributed by atoms with van der Waals surface area (Å²) in [4.78, 5) is 43.9. The number of carbonyl (C=O) groups is 3. The second kappa shape index (κ2) is 10.5. The summed E-state index contributed by atoms with van der Waals surface area (Å²) in [6, 6.07) is 20.4. The van der Waals surface area contributed by atoms with E-state index in [0.717, 1.165) is 10.9 Å². The summed E-state index contributed by atoms with van der Waals surface area (Å²) in [5.41, 5.74) is 3.83. The Hall–Kier alpha value is -4.50. The first-order valence-corrected chi connectivity index (χ1v) is 12.5. The molecule has 4 aromatic rings. The lowest BCUT2D eigenvalue weighted by molar-refractivity contribution is -0.128. The van der Waals surface area contributed by atoms with Gasteiger partial charge in [0.2, 0.25) is 5.91 Å². The molecule has 1 unspecified atom stereocenters. The molecule has 2 atom stereocenters. The standard InChI is InChI=1S/C29H29N5O4/c1-18-12-14-20(15-13-18)28(36)33-17-23(31-27(35)19(2)30-3)29(37)34(25-10-6-5-9-24(25)33)16-22-21-8-4-7-11-26(21)38-32-22/h4-15,19,23,30H,16-17H2,1-3H3,(H,31,35)/t19-,23?/m0/s1. The van der Waals surface area contributed by atoms with Crippen molar-refractivity contribution >= 4 is 40.1 Å². The molecule has 0 radical (unpaired) electrons. The largest absolute Gasteiger partial charge is 0.356 e. The minimum atomic E-state index is -0.988. The number of hydrogen-bond donors (Lipinski definition) is 2. The molecular formula is C29H29N5O4. The van der Waals surface area contributed by atoms with Crippen LogP contribution in [0.2, 0.25) is 0 Å². The fourth-order valence-corrected chi connectivity index (χ4v) is 4.53. The summed E-state index contributed by atoms with van der Waals surface area (Å²) in [5, 5.41) is 10.8. The molecule has 0 saturated carbocycles. The van der Waals surface area contributed by atoms with Crippen molar-refractivity contribution in [3.05, 3.63) is 89.6 Å². The SMILES string of the molecule is CN[C@@H](C)C(=O)NC1CN(C(=O)c2ccc(C)cc2)c2ccccc2N(Cc2noc3ccccc23)C1=O. The zero-order valence-corrected chi connectivity index (χ0v) is 21.5. The average Bonchev–Trinajstić information content (AvgIpc) is 3.31. The van der Waals surface area contributed by atoms with Crippen molar-refractivity contribution in [3.8, 4) is 0 Å². The van der Waals surface area contributed by atoms with Crippen LogP contribution in [0, 0.1) is 6.92 Å². The Morgan fingerprint density at radius 3 is 2.45 bits per heavy atom. The molecular weight excluding hydrogens is 482 g/mol. The van der Waals surface area contributed by atoms with Crippen molar-refractivity contribution in [3.63, 3.8) is 0 Å². The number of aromatic nitrogens is 1. The number of hydrogen-bond acceptors (Lipinski definition) is 6. The van der Waals surface area contributed by atoms with Crippen molar-refractivity contribution < 1.29 is 18.9 Å². The fraction of sp³-hybridized carbons (Fsp3) is 0.241. The molecule has 38 heavy (non-hydrogen) atoms. The molecule has 3 amide bonds. The first-order valence-electron chi connectivity index (χ1n) is 12.5. The summed E-state index contributed by atoms with van der Waals surface area (Å²) in [6.07, 6.45) is 0. The minimum absolute atomic E-state index is 0.0270. The van der Waals surface area contributed by atoms with Crippen LogP contribution in [-0.4, -0.2) is 48.6 Å². The van der Waals surface area contributed by atoms with Gasteiger partial charge in [-0.15, -0.1) is 0 Å². The monoisotopic (exact) mass is 511 g/mol. The molecule has 194 valence electrons. The highest BCUT2D eigenvalue weighted by molar-refractivity contribution is 6.12. The van der Waals surface area contributed by atoms with Crippen LogP contribution < -0.4 is 20.4 Å². The number of rotatable bonds is 6. The topological polar surface area (TPSA) is 108 Å². The van der Waals surface area contributed by atoms with E-state index in [2.05, 4.69) is 15.8 Å². The molecule has 1 aliphatic rings. The van der Waals surface area contributed by atoms with E-state index in [1.165, 1.54) is 0 Å². The van der Waals surface area contributed by atoms with Gasteiger partial charge in [0, 0.05) is 10.9 Å². The van der Waals surface area contributed by atoms with Gasteiger partial charge in [0.15, 0.2) is 5.58 Å². The molecule has 2 N–H and O–H groups in total. The second-order valence-electron chi connectivity index (χ2n) is 9.39. The van der Waals surface area contributed by atoms with Crippen LogP contribution in [0.5, 0.6) is 0 Å². The Labute approximate surface area is 220 Å². The maximum atomic E-state index is 14.1. The molecule has 0 fully saturated rings. The number of para-hydroxylation sites is 3. The van der Waals surface area contributed by atoms with Crippen LogP contribution in [0.25, 0.3) is 11.0 Å². The van der Waals surface area contributed by atoms with Gasteiger partial charge in [-0.2, -0.15) is 0 Å². The van der Waals surface area contributed by atoms with Gasteiger partial charge in [0.25, 0.3) is 11.8 Å². The number of amides is 3. The third-order valence-corrected chi connectivity index (χ3v) is 6.84. The first-order chi connectivity index (χ1) is 18.4. The lowest BCUT2D eigenvalue weighted by Gasteiger charge is -2.26. The predicted octanol–water partition coefficient (Wildman–Crippen LogP) is 3.42. The van der Waals surface area contributed by atoms with Gasteiger partial charge in [0.1, 0.15) is 11.7 Å². The number of nitrogens with zero attached hydrogens (tertiary/aromatic N) is 3. The average molecular weight is 512 g/mol. The lowest BCUT2D eigenvalue weighted by Crippen LogP contribution is -2.55. The van der Waals surface area contributed by atoms with Gasteiger partial charge in [-0.3, -0.25) is 14.4 Å². The summed E-state index contributed by atoms with van der Waals surface area (Å²) in [6.45, 7) is 3.74. The Balaban J connectivity index is 1.60. The normalized spacial score (nSPS) is 16.2. The van der Waals surface area contributed by atoms with E-state index in [9.17, 15) is 14.4 Å². The smallest absolute Gasteiger partial charge is 0.258 e. The third-order valence-electron chi connectivity index (χ3n) is 6.84. The van der Waals surface area contributed by atoms with E-state index in [1.807, 2.05) is 61.5 Å². The molecule has 3 aromatic carbocycles. The summed E-state index contributed by atoms with van der Waals surface area (Å²) in [7, 11) is 1.67. The molecule has 0 saturated heterocycles. The predicted molar refractivity (Wildman–Crippen MR) is 145 cm³/mol. The quantitative estimate of drug-likeness (QED) is 0.411. The molecule has 2 heterocycles. The van der Waals surface area contributed by atoms with Gasteiger partial charge in [-0.25, -0.2) is 0 Å². The number of nitrogens with one attached hydrogen (secondary N) is 2. The molecule has 9 heteroatoms. The summed E-state index contributed by atoms with van der Waals surface area (Å²) >= 11 is 0. The Kier molecular flexibility index (Phi) is 6.93. The Morgan fingerprint density at radius 2 is 1.71 bits per heavy atom. The van der Waals surface area contributed by atoms with E-state index in [4.69, 9.17) is 4.52 Å². The highest BCUT2D eigenvalue weighted by atomic mass is 16.5. The van der Waals surface area contributed by atoms with Crippen LogP contribution in [0.15, 0.2) is 77.3 Å².